The van der Waals surface area contributed by atoms with Gasteiger partial charge in [-0.2, -0.15) is 0 Å². The molecule has 1 aliphatic heterocycles. The lowest BCUT2D eigenvalue weighted by molar-refractivity contribution is -0.138. The first kappa shape index (κ1) is 32.0. The molecule has 1 heterocycles. The van der Waals surface area contributed by atoms with E-state index in [2.05, 4.69) is 37.9 Å². The van der Waals surface area contributed by atoms with Crippen molar-refractivity contribution in [3.05, 3.63) is 143 Å². The van der Waals surface area contributed by atoms with E-state index in [-0.39, 0.29) is 13.2 Å². The quantitative estimate of drug-likeness (QED) is 0.0736. The van der Waals surface area contributed by atoms with Crippen molar-refractivity contribution in [1.82, 2.24) is 0 Å². The Morgan fingerprint density at radius 3 is 2.19 bits per heavy atom. The summed E-state index contributed by atoms with van der Waals surface area (Å²) < 4.78 is 17.1. The first-order chi connectivity index (χ1) is 23.2. The van der Waals surface area contributed by atoms with Crippen molar-refractivity contribution >= 4 is 40.0 Å². The number of carbonyl (C=O) groups excluding carboxylic acids is 2. The SMILES string of the molecule is C=CC(=O)OCCOC(=O)c1ccccc1-c1c2cc/c(=N/c3c(C)cccc3C)cc-2oc2cc(Nc3c(C)cccc3C)ccc12. The number of para-hydroxylation sites is 2. The lowest BCUT2D eigenvalue weighted by Crippen LogP contribution is -2.13. The summed E-state index contributed by atoms with van der Waals surface area (Å²) in [6, 6.07) is 31.5. The van der Waals surface area contributed by atoms with E-state index in [0.29, 0.717) is 22.5 Å². The molecule has 48 heavy (non-hydrogen) atoms. The van der Waals surface area contributed by atoms with Gasteiger partial charge in [-0.05, 0) is 85.8 Å². The number of carbonyl (C=O) groups is 2. The summed E-state index contributed by atoms with van der Waals surface area (Å²) in [4.78, 5) is 29.9. The van der Waals surface area contributed by atoms with E-state index in [4.69, 9.17) is 18.9 Å². The van der Waals surface area contributed by atoms with Crippen LogP contribution in [0.4, 0.5) is 17.1 Å². The fraction of sp³-hybridized carbons (Fsp3) is 0.146. The molecule has 4 aromatic carbocycles. The molecular weight excluding hydrogens is 600 g/mol. The van der Waals surface area contributed by atoms with Gasteiger partial charge in [0, 0.05) is 46.1 Å². The van der Waals surface area contributed by atoms with Gasteiger partial charge in [-0.25, -0.2) is 14.6 Å². The van der Waals surface area contributed by atoms with E-state index in [0.717, 1.165) is 67.3 Å². The van der Waals surface area contributed by atoms with Crippen LogP contribution >= 0.6 is 0 Å². The lowest BCUT2D eigenvalue weighted by Gasteiger charge is -2.19. The van der Waals surface area contributed by atoms with Crippen LogP contribution in [-0.4, -0.2) is 25.2 Å². The molecule has 0 amide bonds. The second kappa shape index (κ2) is 13.8. The molecule has 0 saturated carbocycles. The molecule has 7 heteroatoms. The van der Waals surface area contributed by atoms with Crippen molar-refractivity contribution in [2.45, 2.75) is 27.7 Å². The molecule has 0 atom stereocenters. The Kier molecular flexibility index (Phi) is 9.21. The highest BCUT2D eigenvalue weighted by Crippen LogP contribution is 2.42. The van der Waals surface area contributed by atoms with Crippen LogP contribution in [0, 0.1) is 27.7 Å². The largest absolute Gasteiger partial charge is 0.459 e. The highest BCUT2D eigenvalue weighted by Gasteiger charge is 2.22. The predicted octanol–water partition coefficient (Wildman–Crippen LogP) is 9.30. The smallest absolute Gasteiger partial charge is 0.338 e. The van der Waals surface area contributed by atoms with Gasteiger partial charge < -0.3 is 19.2 Å². The molecule has 240 valence electrons. The third-order valence-corrected chi connectivity index (χ3v) is 8.28. The Bertz CT molecular complexity index is 2190. The number of hydrogen-bond acceptors (Lipinski definition) is 7. The Morgan fingerprint density at radius 1 is 0.771 bits per heavy atom. The molecule has 0 saturated heterocycles. The maximum Gasteiger partial charge on any atom is 0.338 e. The number of ether oxygens (including phenoxy) is 2. The van der Waals surface area contributed by atoms with Gasteiger partial charge in [-0.1, -0.05) is 61.2 Å². The predicted molar refractivity (Wildman–Crippen MR) is 190 cm³/mol. The fourth-order valence-electron chi connectivity index (χ4n) is 5.88. The second-order valence-corrected chi connectivity index (χ2v) is 11.7. The van der Waals surface area contributed by atoms with Crippen molar-refractivity contribution in [2.24, 2.45) is 4.99 Å². The van der Waals surface area contributed by atoms with Gasteiger partial charge in [0.05, 0.1) is 16.6 Å². The third-order valence-electron chi connectivity index (χ3n) is 8.28. The average molecular weight is 637 g/mol. The maximum absolute atomic E-state index is 13.4. The van der Waals surface area contributed by atoms with Crippen LogP contribution in [0.3, 0.4) is 0 Å². The van der Waals surface area contributed by atoms with Crippen LogP contribution in [0.15, 0.2) is 119 Å². The summed E-state index contributed by atoms with van der Waals surface area (Å²) in [6.07, 6.45) is 1.07. The Hall–Kier alpha value is -5.95. The highest BCUT2D eigenvalue weighted by atomic mass is 16.6. The zero-order valence-electron chi connectivity index (χ0n) is 27.4. The molecule has 7 nitrogen and oxygen atoms in total. The second-order valence-electron chi connectivity index (χ2n) is 11.7. The first-order valence-electron chi connectivity index (χ1n) is 15.7. The minimum Gasteiger partial charge on any atom is -0.459 e. The Labute approximate surface area is 279 Å². The van der Waals surface area contributed by atoms with Crippen molar-refractivity contribution < 1.29 is 23.5 Å². The molecule has 6 rings (SSSR count). The van der Waals surface area contributed by atoms with Gasteiger partial charge >= 0.3 is 11.9 Å². The van der Waals surface area contributed by atoms with Crippen molar-refractivity contribution in [3.63, 3.8) is 0 Å². The Balaban J connectivity index is 1.51. The number of benzene rings is 5. The number of fused-ring (bicyclic) bond motifs is 2. The van der Waals surface area contributed by atoms with E-state index in [1.54, 1.807) is 12.1 Å². The number of esters is 2. The van der Waals surface area contributed by atoms with Crippen LogP contribution in [0.2, 0.25) is 0 Å². The highest BCUT2D eigenvalue weighted by molar-refractivity contribution is 6.08. The van der Waals surface area contributed by atoms with Gasteiger partial charge in [0.1, 0.15) is 24.6 Å². The number of nitrogens with zero attached hydrogens (tertiary/aromatic N) is 1. The molecule has 0 fully saturated rings. The van der Waals surface area contributed by atoms with Gasteiger partial charge in [0.25, 0.3) is 0 Å². The number of nitrogens with one attached hydrogen (secondary N) is 1. The molecule has 0 unspecified atom stereocenters. The molecule has 0 spiro atoms. The zero-order chi connectivity index (χ0) is 33.8. The first-order valence-corrected chi connectivity index (χ1v) is 15.7. The number of anilines is 2. The molecule has 0 aromatic heterocycles. The minimum absolute atomic E-state index is 0.0718. The van der Waals surface area contributed by atoms with Crippen LogP contribution in [0.1, 0.15) is 32.6 Å². The van der Waals surface area contributed by atoms with Gasteiger partial charge in [0.2, 0.25) is 0 Å². The van der Waals surface area contributed by atoms with Crippen molar-refractivity contribution in [2.75, 3.05) is 18.5 Å². The summed E-state index contributed by atoms with van der Waals surface area (Å²) >= 11 is 0. The van der Waals surface area contributed by atoms with Crippen LogP contribution in [0.5, 0.6) is 0 Å². The minimum atomic E-state index is -0.576. The topological polar surface area (TPSA) is 90.1 Å². The van der Waals surface area contributed by atoms with Crippen molar-refractivity contribution in [1.29, 1.82) is 0 Å². The third kappa shape index (κ3) is 6.62. The van der Waals surface area contributed by atoms with Crippen molar-refractivity contribution in [3.8, 4) is 22.5 Å². The molecule has 2 aliphatic rings. The standard InChI is InChI=1S/C41H36N2O5/c1-6-37(44)46-21-22-47-41(45)32-16-8-7-15-31(32)38-33-19-17-29(42-39-25(2)11-9-12-26(39)3)23-35(33)48-36-24-30(18-20-34(36)38)43-40-27(4)13-10-14-28(40)5/h6-20,23-24,42H,1,21-22H2,2-5H3/b43-30-. The summed E-state index contributed by atoms with van der Waals surface area (Å²) in [5.74, 6) is -0.487. The molecule has 4 aromatic rings. The van der Waals surface area contributed by atoms with Gasteiger partial charge in [-0.3, -0.25) is 0 Å². The van der Waals surface area contributed by atoms with Gasteiger partial charge in [0.15, 0.2) is 0 Å². The van der Waals surface area contributed by atoms with Crippen LogP contribution < -0.4 is 10.7 Å². The fourth-order valence-corrected chi connectivity index (χ4v) is 5.88. The van der Waals surface area contributed by atoms with E-state index < -0.39 is 11.9 Å². The number of rotatable bonds is 9. The van der Waals surface area contributed by atoms with Crippen LogP contribution in [0.25, 0.3) is 33.4 Å². The molecule has 0 radical (unpaired) electrons. The number of hydrogen-bond donors (Lipinski definition) is 1. The van der Waals surface area contributed by atoms with E-state index in [1.165, 1.54) is 0 Å². The van der Waals surface area contributed by atoms with Crippen LogP contribution in [-0.2, 0) is 14.3 Å². The van der Waals surface area contributed by atoms with E-state index in [1.807, 2.05) is 86.6 Å². The van der Waals surface area contributed by atoms with E-state index >= 15 is 0 Å². The van der Waals surface area contributed by atoms with Gasteiger partial charge in [-0.15, -0.1) is 0 Å². The lowest BCUT2D eigenvalue weighted by atomic mass is 9.90. The molecular formula is C41H36N2O5. The summed E-state index contributed by atoms with van der Waals surface area (Å²) in [5.41, 5.74) is 10.6. The molecule has 1 aliphatic carbocycles. The molecule has 1 N–H and O–H groups in total. The number of aryl methyl sites for hydroxylation is 4. The molecule has 0 bridgehead atoms. The monoisotopic (exact) mass is 636 g/mol. The summed E-state index contributed by atoms with van der Waals surface area (Å²) in [5, 5.41) is 5.15. The normalized spacial score (nSPS) is 11.5. The zero-order valence-corrected chi connectivity index (χ0v) is 27.4. The van der Waals surface area contributed by atoms with E-state index in [9.17, 15) is 9.59 Å². The summed E-state index contributed by atoms with van der Waals surface area (Å²) in [7, 11) is 0. The summed E-state index contributed by atoms with van der Waals surface area (Å²) in [6.45, 7) is 11.5. The Morgan fingerprint density at radius 2 is 1.46 bits per heavy atom. The average Bonchev–Trinajstić information content (AvgIpc) is 3.08. The maximum atomic E-state index is 13.4.